The Morgan fingerprint density at radius 3 is 2.36 bits per heavy atom. The summed E-state index contributed by atoms with van der Waals surface area (Å²) in [4.78, 5) is 17.9. The van der Waals surface area contributed by atoms with E-state index in [9.17, 15) is 13.2 Å². The van der Waals surface area contributed by atoms with Crippen LogP contribution < -0.4 is 4.72 Å². The first-order valence-electron chi connectivity index (χ1n) is 7.67. The minimum Gasteiger partial charge on any atom is -0.342 e. The van der Waals surface area contributed by atoms with Crippen molar-refractivity contribution in [2.24, 2.45) is 7.05 Å². The van der Waals surface area contributed by atoms with Crippen molar-refractivity contribution < 1.29 is 13.2 Å². The fourth-order valence-corrected chi connectivity index (χ4v) is 3.51. The number of carbonyl (C=O) groups is 1. The summed E-state index contributed by atoms with van der Waals surface area (Å²) in [6, 6.07) is 0. The highest BCUT2D eigenvalue weighted by atomic mass is 32.2. The van der Waals surface area contributed by atoms with Crippen LogP contribution in [0.1, 0.15) is 37.9 Å². The van der Waals surface area contributed by atoms with E-state index in [-0.39, 0.29) is 17.5 Å². The number of nitrogens with zero attached hydrogens (tertiary/aromatic N) is 3. The fourth-order valence-electron chi connectivity index (χ4n) is 2.50. The number of carbonyl (C=O) groups excluding carboxylic acids is 1. The molecule has 1 aliphatic heterocycles. The molecule has 2 rings (SSSR count). The van der Waals surface area contributed by atoms with E-state index < -0.39 is 10.0 Å². The first-order valence-corrected chi connectivity index (χ1v) is 9.16. The summed E-state index contributed by atoms with van der Waals surface area (Å²) in [6.07, 6.45) is 6.88. The van der Waals surface area contributed by atoms with Crippen molar-refractivity contribution in [1.29, 1.82) is 0 Å². The zero-order chi connectivity index (χ0) is 16.2. The number of imidazole rings is 1. The van der Waals surface area contributed by atoms with Crippen molar-refractivity contribution in [3.63, 3.8) is 0 Å². The van der Waals surface area contributed by atoms with Crippen molar-refractivity contribution in [2.45, 2.75) is 44.1 Å². The molecular formula is C14H24N4O3S. The van der Waals surface area contributed by atoms with Crippen LogP contribution in [0.25, 0.3) is 0 Å². The molecule has 1 amide bonds. The standard InChI is InChI=1S/C14H24N4O3S/c1-12-16-13(11-17(12)2)22(20,21)15-10-14(19)18-8-6-4-3-5-7-9-18/h11,15H,3-10H2,1-2H3. The van der Waals surface area contributed by atoms with E-state index in [2.05, 4.69) is 9.71 Å². The molecule has 7 nitrogen and oxygen atoms in total. The predicted octanol–water partition coefficient (Wildman–Crippen LogP) is 0.800. The van der Waals surface area contributed by atoms with Gasteiger partial charge in [-0.05, 0) is 19.8 Å². The topological polar surface area (TPSA) is 84.3 Å². The molecule has 1 N–H and O–H groups in total. The maximum Gasteiger partial charge on any atom is 0.260 e. The third-order valence-electron chi connectivity index (χ3n) is 3.98. The molecule has 2 heterocycles. The molecule has 0 aromatic carbocycles. The van der Waals surface area contributed by atoms with Gasteiger partial charge in [0.15, 0.2) is 5.03 Å². The smallest absolute Gasteiger partial charge is 0.260 e. The van der Waals surface area contributed by atoms with E-state index in [1.807, 2.05) is 0 Å². The highest BCUT2D eigenvalue weighted by Crippen LogP contribution is 2.11. The number of nitrogens with one attached hydrogen (secondary N) is 1. The van der Waals surface area contributed by atoms with Gasteiger partial charge in [-0.3, -0.25) is 4.79 Å². The van der Waals surface area contributed by atoms with Gasteiger partial charge in [0.2, 0.25) is 5.91 Å². The van der Waals surface area contributed by atoms with Crippen molar-refractivity contribution in [3.8, 4) is 0 Å². The molecule has 1 aromatic heterocycles. The highest BCUT2D eigenvalue weighted by Gasteiger charge is 2.21. The van der Waals surface area contributed by atoms with Crippen molar-refractivity contribution >= 4 is 15.9 Å². The number of hydrogen-bond acceptors (Lipinski definition) is 4. The van der Waals surface area contributed by atoms with E-state index in [0.29, 0.717) is 18.9 Å². The van der Waals surface area contributed by atoms with Gasteiger partial charge in [-0.2, -0.15) is 0 Å². The monoisotopic (exact) mass is 328 g/mol. The van der Waals surface area contributed by atoms with Gasteiger partial charge in [0.05, 0.1) is 6.54 Å². The zero-order valence-corrected chi connectivity index (χ0v) is 14.0. The van der Waals surface area contributed by atoms with Gasteiger partial charge in [0.25, 0.3) is 10.0 Å². The lowest BCUT2D eigenvalue weighted by Gasteiger charge is -2.24. The van der Waals surface area contributed by atoms with Crippen LogP contribution >= 0.6 is 0 Å². The minimum atomic E-state index is -3.74. The molecule has 22 heavy (non-hydrogen) atoms. The Balaban J connectivity index is 1.94. The molecule has 1 aromatic rings. The summed E-state index contributed by atoms with van der Waals surface area (Å²) in [5.41, 5.74) is 0. The second-order valence-corrected chi connectivity index (χ2v) is 7.42. The Morgan fingerprint density at radius 2 is 1.82 bits per heavy atom. The van der Waals surface area contributed by atoms with E-state index >= 15 is 0 Å². The van der Waals surface area contributed by atoms with Gasteiger partial charge in [-0.25, -0.2) is 18.1 Å². The molecule has 0 bridgehead atoms. The summed E-state index contributed by atoms with van der Waals surface area (Å²) in [7, 11) is -2.01. The highest BCUT2D eigenvalue weighted by molar-refractivity contribution is 7.89. The first-order chi connectivity index (χ1) is 10.4. The summed E-state index contributed by atoms with van der Waals surface area (Å²) in [5.74, 6) is 0.439. The van der Waals surface area contributed by atoms with Gasteiger partial charge in [-0.1, -0.05) is 19.3 Å². The molecule has 0 saturated carbocycles. The van der Waals surface area contributed by atoms with Crippen molar-refractivity contribution in [2.75, 3.05) is 19.6 Å². The molecule has 124 valence electrons. The summed E-state index contributed by atoms with van der Waals surface area (Å²) < 4.78 is 28.3. The van der Waals surface area contributed by atoms with Crippen LogP contribution in [0, 0.1) is 6.92 Å². The third-order valence-corrected chi connectivity index (χ3v) is 5.26. The molecular weight excluding hydrogens is 304 g/mol. The molecule has 1 aliphatic rings. The van der Waals surface area contributed by atoms with Crippen LogP contribution in [-0.2, 0) is 21.9 Å². The van der Waals surface area contributed by atoms with Crippen molar-refractivity contribution in [3.05, 3.63) is 12.0 Å². The lowest BCUT2D eigenvalue weighted by atomic mass is 10.1. The van der Waals surface area contributed by atoms with Crippen LogP contribution in [0.2, 0.25) is 0 Å². The van der Waals surface area contributed by atoms with Gasteiger partial charge in [0, 0.05) is 26.3 Å². The number of hydrogen-bond donors (Lipinski definition) is 1. The molecule has 0 spiro atoms. The molecule has 1 saturated heterocycles. The number of aromatic nitrogens is 2. The zero-order valence-electron chi connectivity index (χ0n) is 13.2. The van der Waals surface area contributed by atoms with Gasteiger partial charge in [0.1, 0.15) is 5.82 Å². The van der Waals surface area contributed by atoms with E-state index in [1.165, 1.54) is 12.6 Å². The Morgan fingerprint density at radius 1 is 1.23 bits per heavy atom. The van der Waals surface area contributed by atoms with Gasteiger partial charge >= 0.3 is 0 Å². The van der Waals surface area contributed by atoms with Crippen LogP contribution in [0.3, 0.4) is 0 Å². The van der Waals surface area contributed by atoms with Crippen LogP contribution in [0.15, 0.2) is 11.2 Å². The second kappa shape index (κ2) is 7.23. The fraction of sp³-hybridized carbons (Fsp3) is 0.714. The number of amides is 1. The average Bonchev–Trinajstić information content (AvgIpc) is 2.77. The quantitative estimate of drug-likeness (QED) is 0.886. The van der Waals surface area contributed by atoms with E-state index in [0.717, 1.165) is 25.7 Å². The van der Waals surface area contributed by atoms with E-state index in [4.69, 9.17) is 0 Å². The SMILES string of the molecule is Cc1nc(S(=O)(=O)NCC(=O)N2CCCCCCC2)cn1C. The number of rotatable bonds is 4. The first kappa shape index (κ1) is 17.0. The third kappa shape index (κ3) is 4.30. The molecule has 0 atom stereocenters. The van der Waals surface area contributed by atoms with Crippen molar-refractivity contribution in [1.82, 2.24) is 19.2 Å². The predicted molar refractivity (Wildman–Crippen MR) is 82.8 cm³/mol. The largest absolute Gasteiger partial charge is 0.342 e. The molecule has 8 heteroatoms. The molecule has 1 fully saturated rings. The molecule has 0 unspecified atom stereocenters. The van der Waals surface area contributed by atoms with Crippen LogP contribution in [0.4, 0.5) is 0 Å². The lowest BCUT2D eigenvalue weighted by Crippen LogP contribution is -2.41. The lowest BCUT2D eigenvalue weighted by molar-refractivity contribution is -0.130. The number of sulfonamides is 1. The average molecular weight is 328 g/mol. The van der Waals surface area contributed by atoms with Crippen LogP contribution in [0.5, 0.6) is 0 Å². The number of aryl methyl sites for hydroxylation is 2. The Labute approximate surface area is 131 Å². The molecule has 0 radical (unpaired) electrons. The number of likely N-dealkylation sites (tertiary alicyclic amines) is 1. The summed E-state index contributed by atoms with van der Waals surface area (Å²) in [5, 5.41) is -0.0482. The Kier molecular flexibility index (Phi) is 5.57. The normalized spacial score (nSPS) is 17.1. The Hall–Kier alpha value is -1.41. The van der Waals surface area contributed by atoms with Crippen LogP contribution in [-0.4, -0.2) is 48.4 Å². The minimum absolute atomic E-state index is 0.0482. The Bertz CT molecular complexity index is 597. The second-order valence-electron chi connectivity index (χ2n) is 5.71. The summed E-state index contributed by atoms with van der Waals surface area (Å²) in [6.45, 7) is 2.94. The maximum atomic E-state index is 12.2. The maximum absolute atomic E-state index is 12.2. The molecule has 0 aliphatic carbocycles. The summed E-state index contributed by atoms with van der Waals surface area (Å²) >= 11 is 0. The van der Waals surface area contributed by atoms with E-state index in [1.54, 1.807) is 23.4 Å². The van der Waals surface area contributed by atoms with Gasteiger partial charge in [-0.15, -0.1) is 0 Å². The van der Waals surface area contributed by atoms with Gasteiger partial charge < -0.3 is 9.47 Å².